The molecule has 0 N–H and O–H groups in total. The first-order chi connectivity index (χ1) is 15.4. The summed E-state index contributed by atoms with van der Waals surface area (Å²) >= 11 is 0. The number of halogens is 4. The second-order valence-corrected chi connectivity index (χ2v) is 10.2. The van der Waals surface area contributed by atoms with Crippen molar-refractivity contribution < 1.29 is 30.7 Å². The van der Waals surface area contributed by atoms with Crippen LogP contribution in [0.25, 0.3) is 0 Å². The Morgan fingerprint density at radius 1 is 1.12 bits per heavy atom. The smallest absolute Gasteiger partial charge is 0.416 e. The summed E-state index contributed by atoms with van der Waals surface area (Å²) in [4.78, 5) is -0.508. The minimum absolute atomic E-state index is 0.0613. The molecule has 1 heterocycles. The summed E-state index contributed by atoms with van der Waals surface area (Å²) in [6.07, 6.45) is -4.69. The van der Waals surface area contributed by atoms with Crippen LogP contribution >= 0.6 is 0 Å². The van der Waals surface area contributed by atoms with Crippen LogP contribution in [0, 0.1) is 39.8 Å². The van der Waals surface area contributed by atoms with Gasteiger partial charge in [-0.15, -0.1) is 0 Å². The maximum atomic E-state index is 14.0. The molecule has 172 valence electrons. The molecule has 0 aromatic heterocycles. The highest BCUT2D eigenvalue weighted by Gasteiger charge is 2.64. The van der Waals surface area contributed by atoms with E-state index in [2.05, 4.69) is 0 Å². The molecule has 33 heavy (non-hydrogen) atoms. The number of benzene rings is 2. The normalized spacial score (nSPS) is 24.9. The molecule has 1 spiro atoms. The molecule has 1 saturated heterocycles. The van der Waals surface area contributed by atoms with Gasteiger partial charge in [0, 0.05) is 18.0 Å². The van der Waals surface area contributed by atoms with Gasteiger partial charge in [0.05, 0.1) is 28.1 Å². The van der Waals surface area contributed by atoms with E-state index in [1.165, 1.54) is 12.1 Å². The van der Waals surface area contributed by atoms with Crippen LogP contribution in [-0.2, 0) is 16.2 Å². The molecule has 2 fully saturated rings. The third kappa shape index (κ3) is 3.92. The first-order valence-corrected chi connectivity index (χ1v) is 11.3. The van der Waals surface area contributed by atoms with Crippen molar-refractivity contribution in [2.24, 2.45) is 11.3 Å². The molecule has 6 nitrogen and oxygen atoms in total. The topological polar surface area (TPSA) is 94.2 Å². The number of rotatable bonds is 4. The second-order valence-electron chi connectivity index (χ2n) is 8.32. The first kappa shape index (κ1) is 23.0. The van der Waals surface area contributed by atoms with E-state index in [0.717, 1.165) is 16.4 Å². The predicted octanol–water partition coefficient (Wildman–Crippen LogP) is 4.07. The van der Waals surface area contributed by atoms with Gasteiger partial charge >= 0.3 is 6.18 Å². The molecule has 2 aromatic rings. The molecule has 0 amide bonds. The summed E-state index contributed by atoms with van der Waals surface area (Å²) in [5.41, 5.74) is -2.40. The summed E-state index contributed by atoms with van der Waals surface area (Å²) in [6.45, 7) is 1.87. The standard InChI is InChI=1S/C22H17F4N3O3S/c1-13-8-21(13)12-29(11-20(21)32-17-4-2-14(9-27)18(23)7-17)33(30,31)19-5-3-16(22(24,25)26)6-15(19)10-28/h2-7,13,20H,8,11-12H2,1H3/t13-,20-,21+/m0/s1. The molecule has 2 aromatic carbocycles. The fourth-order valence-electron chi connectivity index (χ4n) is 4.36. The van der Waals surface area contributed by atoms with Crippen LogP contribution in [0.4, 0.5) is 17.6 Å². The van der Waals surface area contributed by atoms with E-state index in [-0.39, 0.29) is 30.3 Å². The zero-order valence-electron chi connectivity index (χ0n) is 17.2. The van der Waals surface area contributed by atoms with Crippen LogP contribution < -0.4 is 4.74 Å². The van der Waals surface area contributed by atoms with Gasteiger partial charge in [0.2, 0.25) is 10.0 Å². The lowest BCUT2D eigenvalue weighted by molar-refractivity contribution is -0.137. The molecule has 11 heteroatoms. The third-order valence-electron chi connectivity index (χ3n) is 6.37. The minimum Gasteiger partial charge on any atom is -0.488 e. The summed E-state index contributed by atoms with van der Waals surface area (Å²) < 4.78 is 86.5. The van der Waals surface area contributed by atoms with Crippen molar-refractivity contribution in [1.82, 2.24) is 4.31 Å². The molecule has 3 atom stereocenters. The predicted molar refractivity (Wildman–Crippen MR) is 107 cm³/mol. The number of nitriles is 2. The molecule has 0 radical (unpaired) electrons. The Balaban J connectivity index is 1.64. The van der Waals surface area contributed by atoms with Crippen LogP contribution in [-0.4, -0.2) is 31.9 Å². The number of nitrogens with zero attached hydrogens (tertiary/aromatic N) is 3. The summed E-state index contributed by atoms with van der Waals surface area (Å²) in [6, 6.07) is 8.94. The molecule has 1 aliphatic carbocycles. The lowest BCUT2D eigenvalue weighted by Gasteiger charge is -2.20. The molecular formula is C22H17F4N3O3S. The number of ether oxygens (including phenoxy) is 1. The van der Waals surface area contributed by atoms with E-state index < -0.39 is 49.6 Å². The highest BCUT2D eigenvalue weighted by Crippen LogP contribution is 2.59. The highest BCUT2D eigenvalue weighted by molar-refractivity contribution is 7.89. The maximum Gasteiger partial charge on any atom is 0.416 e. The van der Waals surface area contributed by atoms with E-state index in [4.69, 9.17) is 10.00 Å². The molecule has 0 bridgehead atoms. The zero-order chi connectivity index (χ0) is 24.2. The fourth-order valence-corrected chi connectivity index (χ4v) is 6.00. The van der Waals surface area contributed by atoms with Crippen LogP contribution in [0.3, 0.4) is 0 Å². The Morgan fingerprint density at radius 3 is 2.33 bits per heavy atom. The van der Waals surface area contributed by atoms with Crippen LogP contribution in [0.15, 0.2) is 41.3 Å². The summed E-state index contributed by atoms with van der Waals surface area (Å²) in [5, 5.41) is 18.2. The quantitative estimate of drug-likeness (QED) is 0.617. The van der Waals surface area contributed by atoms with E-state index in [1.807, 2.05) is 6.92 Å². The third-order valence-corrected chi connectivity index (χ3v) is 8.24. The molecular weight excluding hydrogens is 462 g/mol. The Bertz CT molecular complexity index is 1310. The van der Waals surface area contributed by atoms with Crippen molar-refractivity contribution in [1.29, 1.82) is 10.5 Å². The van der Waals surface area contributed by atoms with Gasteiger partial charge in [-0.2, -0.15) is 28.0 Å². The average molecular weight is 479 g/mol. The summed E-state index contributed by atoms with van der Waals surface area (Å²) in [7, 11) is -4.30. The van der Waals surface area contributed by atoms with E-state index in [9.17, 15) is 31.2 Å². The molecule has 4 rings (SSSR count). The van der Waals surface area contributed by atoms with Crippen molar-refractivity contribution in [2.75, 3.05) is 13.1 Å². The van der Waals surface area contributed by atoms with Gasteiger partial charge in [0.25, 0.3) is 0 Å². The van der Waals surface area contributed by atoms with Gasteiger partial charge in [-0.3, -0.25) is 0 Å². The van der Waals surface area contributed by atoms with E-state index >= 15 is 0 Å². The number of sulfonamides is 1. The lowest BCUT2D eigenvalue weighted by Crippen LogP contribution is -2.31. The average Bonchev–Trinajstić information content (AvgIpc) is 3.25. The highest BCUT2D eigenvalue weighted by atomic mass is 32.2. The number of hydrogen-bond acceptors (Lipinski definition) is 5. The van der Waals surface area contributed by atoms with Crippen LogP contribution in [0.2, 0.25) is 0 Å². The van der Waals surface area contributed by atoms with Crippen molar-refractivity contribution >= 4 is 10.0 Å². The van der Waals surface area contributed by atoms with Gasteiger partial charge in [0.1, 0.15) is 29.8 Å². The van der Waals surface area contributed by atoms with Gasteiger partial charge in [0.15, 0.2) is 0 Å². The van der Waals surface area contributed by atoms with Crippen molar-refractivity contribution in [3.05, 3.63) is 58.9 Å². The van der Waals surface area contributed by atoms with Gasteiger partial charge in [-0.05, 0) is 42.7 Å². The summed E-state index contributed by atoms with van der Waals surface area (Å²) in [5.74, 6) is -0.519. The Hall–Kier alpha value is -3.15. The van der Waals surface area contributed by atoms with Gasteiger partial charge in [-0.1, -0.05) is 6.92 Å². The fraction of sp³-hybridized carbons (Fsp3) is 0.364. The Kier molecular flexibility index (Phi) is 5.38. The van der Waals surface area contributed by atoms with Crippen molar-refractivity contribution in [2.45, 2.75) is 30.5 Å². The second kappa shape index (κ2) is 7.72. The molecule has 2 aliphatic rings. The van der Waals surface area contributed by atoms with Crippen LogP contribution in [0.1, 0.15) is 30.0 Å². The first-order valence-electron chi connectivity index (χ1n) is 9.90. The maximum absolute atomic E-state index is 14.0. The molecule has 0 unspecified atom stereocenters. The van der Waals surface area contributed by atoms with Crippen molar-refractivity contribution in [3.63, 3.8) is 0 Å². The molecule has 1 saturated carbocycles. The minimum atomic E-state index is -4.72. The van der Waals surface area contributed by atoms with Crippen LogP contribution in [0.5, 0.6) is 5.75 Å². The number of alkyl halides is 3. The largest absolute Gasteiger partial charge is 0.488 e. The number of hydrogen-bond donors (Lipinski definition) is 0. The SMILES string of the molecule is C[C@H]1C[C@@]12CN(S(=O)(=O)c1ccc(C(F)(F)F)cc1C#N)C[C@@H]2Oc1ccc(C#N)c(F)c1. The monoisotopic (exact) mass is 479 g/mol. The Labute approximate surface area is 187 Å². The zero-order valence-corrected chi connectivity index (χ0v) is 18.0. The Morgan fingerprint density at radius 2 is 1.79 bits per heavy atom. The molecule has 1 aliphatic heterocycles. The van der Waals surface area contributed by atoms with Crippen molar-refractivity contribution in [3.8, 4) is 17.9 Å². The lowest BCUT2D eigenvalue weighted by atomic mass is 10.0. The van der Waals surface area contributed by atoms with E-state index in [1.54, 1.807) is 12.1 Å². The van der Waals surface area contributed by atoms with Gasteiger partial charge < -0.3 is 4.74 Å². The van der Waals surface area contributed by atoms with E-state index in [0.29, 0.717) is 18.6 Å². The van der Waals surface area contributed by atoms with Gasteiger partial charge in [-0.25, -0.2) is 12.8 Å².